The number of rotatable bonds is 1. The maximum atomic E-state index is 3.52. The van der Waals surface area contributed by atoms with Crippen LogP contribution in [0.4, 0.5) is 0 Å². The van der Waals surface area contributed by atoms with E-state index in [1.807, 2.05) is 23.5 Å². The van der Waals surface area contributed by atoms with Gasteiger partial charge < -0.3 is 0 Å². The van der Waals surface area contributed by atoms with E-state index in [4.69, 9.17) is 0 Å². The lowest BCUT2D eigenvalue weighted by atomic mass is 10.5. The van der Waals surface area contributed by atoms with Crippen LogP contribution < -0.4 is 5.32 Å². The maximum absolute atomic E-state index is 3.52. The Bertz CT molecular complexity index is 97.8. The standard InChI is InChI=1S/C7H15NS2/c1-4-7-8-5(2)9-6(3)10-7/h5-8H,4H2,1-3H3. The van der Waals surface area contributed by atoms with E-state index in [2.05, 4.69) is 26.1 Å². The van der Waals surface area contributed by atoms with Crippen molar-refractivity contribution >= 4 is 23.5 Å². The molecule has 10 heavy (non-hydrogen) atoms. The molecule has 1 fully saturated rings. The SMILES string of the molecule is CCC1NC(C)SC(C)S1. The Balaban J connectivity index is 2.35. The van der Waals surface area contributed by atoms with Gasteiger partial charge in [0.15, 0.2) is 0 Å². The van der Waals surface area contributed by atoms with E-state index >= 15 is 0 Å². The third-order valence-electron chi connectivity index (χ3n) is 1.54. The van der Waals surface area contributed by atoms with Gasteiger partial charge in [-0.25, -0.2) is 0 Å². The number of thioether (sulfide) groups is 2. The van der Waals surface area contributed by atoms with Gasteiger partial charge in [-0.15, -0.1) is 23.5 Å². The molecule has 0 radical (unpaired) electrons. The highest BCUT2D eigenvalue weighted by Crippen LogP contribution is 2.34. The Morgan fingerprint density at radius 3 is 2.50 bits per heavy atom. The Labute approximate surface area is 71.7 Å². The molecule has 1 saturated heterocycles. The van der Waals surface area contributed by atoms with Crippen LogP contribution in [0.25, 0.3) is 0 Å². The van der Waals surface area contributed by atoms with Crippen molar-refractivity contribution < 1.29 is 0 Å². The molecule has 3 unspecified atom stereocenters. The molecule has 1 aliphatic rings. The van der Waals surface area contributed by atoms with Crippen molar-refractivity contribution in [2.45, 2.75) is 42.5 Å². The third-order valence-corrected chi connectivity index (χ3v) is 4.32. The summed E-state index contributed by atoms with van der Waals surface area (Å²) in [5.41, 5.74) is 0. The summed E-state index contributed by atoms with van der Waals surface area (Å²) in [5.74, 6) is 0. The Morgan fingerprint density at radius 2 is 2.00 bits per heavy atom. The topological polar surface area (TPSA) is 12.0 Å². The predicted octanol–water partition coefficient (Wildman–Crippen LogP) is 2.48. The summed E-state index contributed by atoms with van der Waals surface area (Å²) < 4.78 is 0.765. The van der Waals surface area contributed by atoms with Gasteiger partial charge in [-0.2, -0.15) is 0 Å². The summed E-state index contributed by atoms with van der Waals surface area (Å²) in [6.07, 6.45) is 1.24. The minimum Gasteiger partial charge on any atom is -0.294 e. The molecule has 1 aliphatic heterocycles. The first-order chi connectivity index (χ1) is 4.72. The molecule has 1 N–H and O–H groups in total. The van der Waals surface area contributed by atoms with Gasteiger partial charge in [0.1, 0.15) is 0 Å². The number of hydrogen-bond acceptors (Lipinski definition) is 3. The van der Waals surface area contributed by atoms with E-state index in [1.54, 1.807) is 0 Å². The summed E-state index contributed by atoms with van der Waals surface area (Å²) in [4.78, 5) is 0. The van der Waals surface area contributed by atoms with Crippen molar-refractivity contribution in [3.05, 3.63) is 0 Å². The summed E-state index contributed by atoms with van der Waals surface area (Å²) in [7, 11) is 0. The van der Waals surface area contributed by atoms with Gasteiger partial charge in [-0.1, -0.05) is 6.92 Å². The van der Waals surface area contributed by atoms with Gasteiger partial charge >= 0.3 is 0 Å². The van der Waals surface area contributed by atoms with Gasteiger partial charge in [0.25, 0.3) is 0 Å². The van der Waals surface area contributed by atoms with E-state index in [0.29, 0.717) is 10.7 Å². The zero-order chi connectivity index (χ0) is 7.56. The van der Waals surface area contributed by atoms with Crippen molar-refractivity contribution in [1.29, 1.82) is 0 Å². The second-order valence-electron chi connectivity index (χ2n) is 2.55. The fourth-order valence-electron chi connectivity index (χ4n) is 1.11. The molecular formula is C7H15NS2. The zero-order valence-corrected chi connectivity index (χ0v) is 8.39. The molecule has 3 heteroatoms. The summed E-state index contributed by atoms with van der Waals surface area (Å²) in [5, 5.41) is 4.85. The first-order valence-electron chi connectivity index (χ1n) is 3.79. The number of hydrogen-bond donors (Lipinski definition) is 1. The molecule has 0 bridgehead atoms. The molecular weight excluding hydrogens is 162 g/mol. The van der Waals surface area contributed by atoms with E-state index < -0.39 is 0 Å². The molecule has 0 aromatic carbocycles. The van der Waals surface area contributed by atoms with E-state index in [-0.39, 0.29) is 0 Å². The molecule has 0 amide bonds. The van der Waals surface area contributed by atoms with Crippen LogP contribution in [0.15, 0.2) is 0 Å². The van der Waals surface area contributed by atoms with Crippen molar-refractivity contribution in [3.8, 4) is 0 Å². The van der Waals surface area contributed by atoms with E-state index in [0.717, 1.165) is 4.58 Å². The van der Waals surface area contributed by atoms with Crippen molar-refractivity contribution in [2.24, 2.45) is 0 Å². The molecule has 1 rings (SSSR count). The molecule has 0 saturated carbocycles. The molecule has 0 aliphatic carbocycles. The van der Waals surface area contributed by atoms with Crippen LogP contribution in [-0.2, 0) is 0 Å². The average molecular weight is 177 g/mol. The fraction of sp³-hybridized carbons (Fsp3) is 1.00. The van der Waals surface area contributed by atoms with Crippen LogP contribution >= 0.6 is 23.5 Å². The molecule has 0 aromatic heterocycles. The van der Waals surface area contributed by atoms with Crippen LogP contribution in [0.1, 0.15) is 27.2 Å². The molecule has 0 spiro atoms. The predicted molar refractivity (Wildman–Crippen MR) is 51.3 cm³/mol. The fourth-order valence-corrected chi connectivity index (χ4v) is 4.11. The van der Waals surface area contributed by atoms with Gasteiger partial charge in [-0.3, -0.25) is 5.32 Å². The highest BCUT2D eigenvalue weighted by atomic mass is 32.2. The Morgan fingerprint density at radius 1 is 1.30 bits per heavy atom. The maximum Gasteiger partial charge on any atom is 0.0548 e. The quantitative estimate of drug-likeness (QED) is 0.661. The summed E-state index contributed by atoms with van der Waals surface area (Å²) >= 11 is 4.05. The first-order valence-corrected chi connectivity index (χ1v) is 5.68. The van der Waals surface area contributed by atoms with Gasteiger partial charge in [-0.05, 0) is 20.3 Å². The van der Waals surface area contributed by atoms with Crippen LogP contribution in [0.5, 0.6) is 0 Å². The van der Waals surface area contributed by atoms with Gasteiger partial charge in [0.2, 0.25) is 0 Å². The van der Waals surface area contributed by atoms with E-state index in [9.17, 15) is 0 Å². The van der Waals surface area contributed by atoms with Crippen LogP contribution in [0.2, 0.25) is 0 Å². The molecule has 60 valence electrons. The average Bonchev–Trinajstić information content (AvgIpc) is 1.85. The smallest absolute Gasteiger partial charge is 0.0548 e. The molecule has 1 heterocycles. The van der Waals surface area contributed by atoms with Crippen LogP contribution in [0.3, 0.4) is 0 Å². The molecule has 1 nitrogen and oxygen atoms in total. The zero-order valence-electron chi connectivity index (χ0n) is 6.76. The summed E-state index contributed by atoms with van der Waals surface area (Å²) in [6.45, 7) is 6.76. The Hall–Kier alpha value is 0.660. The number of nitrogens with one attached hydrogen (secondary N) is 1. The molecule has 3 atom stereocenters. The van der Waals surface area contributed by atoms with Gasteiger partial charge in [0.05, 0.1) is 15.3 Å². The lowest BCUT2D eigenvalue weighted by molar-refractivity contribution is 0.623. The van der Waals surface area contributed by atoms with Crippen molar-refractivity contribution in [3.63, 3.8) is 0 Å². The first kappa shape index (κ1) is 8.75. The lowest BCUT2D eigenvalue weighted by Crippen LogP contribution is -2.37. The Kier molecular flexibility index (Phi) is 3.40. The highest BCUT2D eigenvalue weighted by Gasteiger charge is 2.21. The summed E-state index contributed by atoms with van der Waals surface area (Å²) in [6, 6.07) is 0. The molecule has 0 aromatic rings. The van der Waals surface area contributed by atoms with Crippen LogP contribution in [0, 0.1) is 0 Å². The third kappa shape index (κ3) is 2.36. The van der Waals surface area contributed by atoms with Crippen LogP contribution in [-0.4, -0.2) is 15.3 Å². The highest BCUT2D eigenvalue weighted by molar-refractivity contribution is 8.18. The lowest BCUT2D eigenvalue weighted by Gasteiger charge is -2.31. The second kappa shape index (κ2) is 3.88. The van der Waals surface area contributed by atoms with Crippen molar-refractivity contribution in [2.75, 3.05) is 0 Å². The minimum atomic E-state index is 0.640. The second-order valence-corrected chi connectivity index (χ2v) is 6.08. The normalized spacial score (nSPS) is 41.7. The van der Waals surface area contributed by atoms with Crippen molar-refractivity contribution in [1.82, 2.24) is 5.32 Å². The van der Waals surface area contributed by atoms with E-state index in [1.165, 1.54) is 6.42 Å². The minimum absolute atomic E-state index is 0.640. The monoisotopic (exact) mass is 177 g/mol. The van der Waals surface area contributed by atoms with Gasteiger partial charge in [0, 0.05) is 0 Å². The largest absolute Gasteiger partial charge is 0.294 e.